The van der Waals surface area contributed by atoms with Crippen LogP contribution in [0.15, 0.2) is 71.6 Å². The molecule has 0 radical (unpaired) electrons. The van der Waals surface area contributed by atoms with Gasteiger partial charge in [-0.15, -0.1) is 13.2 Å². The maximum atomic E-state index is 12.7. The van der Waals surface area contributed by atoms with Crippen LogP contribution in [0, 0.1) is 0 Å². The molecule has 2 amide bonds. The fraction of sp³-hybridized carbons (Fsp3) is 0.174. The van der Waals surface area contributed by atoms with Gasteiger partial charge in [-0.05, 0) is 35.9 Å². The van der Waals surface area contributed by atoms with Crippen LogP contribution < -0.4 is 15.4 Å². The fourth-order valence-electron chi connectivity index (χ4n) is 3.05. The molecule has 3 rings (SSSR count). The normalized spacial score (nSPS) is 11.7. The van der Waals surface area contributed by atoms with Crippen molar-refractivity contribution in [2.24, 2.45) is 0 Å². The quantitative estimate of drug-likeness (QED) is 0.405. The van der Waals surface area contributed by atoms with Gasteiger partial charge in [-0.1, -0.05) is 54.9 Å². The van der Waals surface area contributed by atoms with E-state index >= 15 is 0 Å². The maximum absolute atomic E-state index is 12.7. The molecule has 0 saturated carbocycles. The molecular formula is C23H20ClF3N2O4S. The number of halogens is 4. The first-order valence-electron chi connectivity index (χ1n) is 10.00. The van der Waals surface area contributed by atoms with Gasteiger partial charge in [0.15, 0.2) is 9.84 Å². The van der Waals surface area contributed by atoms with Gasteiger partial charge in [0.2, 0.25) is 0 Å². The van der Waals surface area contributed by atoms with E-state index in [9.17, 15) is 26.4 Å². The summed E-state index contributed by atoms with van der Waals surface area (Å²) in [5.74, 6) is -0.400. The van der Waals surface area contributed by atoms with Gasteiger partial charge < -0.3 is 15.4 Å². The van der Waals surface area contributed by atoms with Gasteiger partial charge in [-0.25, -0.2) is 13.2 Å². The third-order valence-electron chi connectivity index (χ3n) is 4.75. The van der Waals surface area contributed by atoms with Crippen molar-refractivity contribution >= 4 is 33.2 Å². The summed E-state index contributed by atoms with van der Waals surface area (Å²) in [6.07, 6.45) is -4.85. The summed E-state index contributed by atoms with van der Waals surface area (Å²) in [5.41, 5.74) is 1.47. The third kappa shape index (κ3) is 6.64. The lowest BCUT2D eigenvalue weighted by Gasteiger charge is -2.15. The Morgan fingerprint density at radius 1 is 1.00 bits per heavy atom. The Labute approximate surface area is 199 Å². The number of ether oxygens (including phenoxy) is 1. The highest BCUT2D eigenvalue weighted by Crippen LogP contribution is 2.38. The third-order valence-corrected chi connectivity index (χ3v) is 6.81. The van der Waals surface area contributed by atoms with E-state index in [4.69, 9.17) is 11.6 Å². The second-order valence-corrected chi connectivity index (χ2v) is 9.78. The average molecular weight is 513 g/mol. The number of anilines is 1. The van der Waals surface area contributed by atoms with Crippen molar-refractivity contribution in [1.82, 2.24) is 5.32 Å². The summed E-state index contributed by atoms with van der Waals surface area (Å²) in [4.78, 5) is 12.4. The summed E-state index contributed by atoms with van der Waals surface area (Å²) < 4.78 is 65.9. The Morgan fingerprint density at radius 2 is 1.68 bits per heavy atom. The number of para-hydroxylation sites is 1. The molecular weight excluding hydrogens is 493 g/mol. The zero-order valence-electron chi connectivity index (χ0n) is 17.8. The molecule has 0 aliphatic rings. The smallest absolute Gasteiger partial charge is 0.405 e. The molecule has 0 saturated heterocycles. The van der Waals surface area contributed by atoms with Gasteiger partial charge in [-0.2, -0.15) is 0 Å². The lowest BCUT2D eigenvalue weighted by molar-refractivity contribution is -0.274. The number of urea groups is 1. The van der Waals surface area contributed by atoms with E-state index in [1.165, 1.54) is 48.5 Å². The molecule has 0 spiro atoms. The van der Waals surface area contributed by atoms with Crippen molar-refractivity contribution in [3.8, 4) is 16.9 Å². The zero-order chi connectivity index (χ0) is 24.9. The van der Waals surface area contributed by atoms with Gasteiger partial charge in [0.05, 0.1) is 15.7 Å². The summed E-state index contributed by atoms with van der Waals surface area (Å²) in [6, 6.07) is 15.6. The number of hydrogen-bond acceptors (Lipinski definition) is 4. The molecule has 34 heavy (non-hydrogen) atoms. The average Bonchev–Trinajstić information content (AvgIpc) is 2.78. The summed E-state index contributed by atoms with van der Waals surface area (Å²) in [5, 5.41) is 5.33. The van der Waals surface area contributed by atoms with E-state index < -0.39 is 28.0 Å². The number of alkyl halides is 3. The van der Waals surface area contributed by atoms with Crippen LogP contribution in [0.2, 0.25) is 5.02 Å². The molecule has 0 fully saturated rings. The van der Waals surface area contributed by atoms with Crippen LogP contribution >= 0.6 is 11.6 Å². The molecule has 3 aromatic carbocycles. The van der Waals surface area contributed by atoms with Crippen molar-refractivity contribution in [3.05, 3.63) is 77.3 Å². The van der Waals surface area contributed by atoms with Crippen LogP contribution in [-0.4, -0.2) is 26.6 Å². The predicted molar refractivity (Wildman–Crippen MR) is 124 cm³/mol. The van der Waals surface area contributed by atoms with Crippen molar-refractivity contribution in [2.45, 2.75) is 24.7 Å². The summed E-state index contributed by atoms with van der Waals surface area (Å²) >= 11 is 6.27. The number of nitrogens with one attached hydrogen (secondary N) is 2. The lowest BCUT2D eigenvalue weighted by Crippen LogP contribution is -2.28. The van der Waals surface area contributed by atoms with Gasteiger partial charge in [0, 0.05) is 23.4 Å². The molecule has 0 aliphatic heterocycles. The molecule has 11 heteroatoms. The number of amides is 2. The molecule has 6 nitrogen and oxygen atoms in total. The number of carbonyl (C=O) groups excluding carboxylic acids is 1. The monoisotopic (exact) mass is 512 g/mol. The molecule has 0 bridgehead atoms. The van der Waals surface area contributed by atoms with Crippen LogP contribution in [0.4, 0.5) is 23.7 Å². The van der Waals surface area contributed by atoms with E-state index in [1.54, 1.807) is 25.1 Å². The molecule has 0 unspecified atom stereocenters. The predicted octanol–water partition coefficient (Wildman–Crippen LogP) is 6.02. The van der Waals surface area contributed by atoms with E-state index in [2.05, 4.69) is 15.4 Å². The Bertz CT molecular complexity index is 1280. The van der Waals surface area contributed by atoms with Crippen LogP contribution in [0.5, 0.6) is 5.75 Å². The maximum Gasteiger partial charge on any atom is 0.573 e. The van der Waals surface area contributed by atoms with Gasteiger partial charge in [-0.3, -0.25) is 0 Å². The Morgan fingerprint density at radius 3 is 2.29 bits per heavy atom. The van der Waals surface area contributed by atoms with Crippen LogP contribution in [-0.2, 0) is 16.4 Å². The molecule has 0 aromatic heterocycles. The first-order valence-corrected chi connectivity index (χ1v) is 12.0. The molecule has 3 aromatic rings. The largest absolute Gasteiger partial charge is 0.573 e. The van der Waals surface area contributed by atoms with Gasteiger partial charge >= 0.3 is 12.4 Å². The Hall–Kier alpha value is -3.24. The highest BCUT2D eigenvalue weighted by atomic mass is 35.5. The second kappa shape index (κ2) is 10.4. The summed E-state index contributed by atoms with van der Waals surface area (Å²) in [6.45, 7) is 1.70. The number of benzene rings is 3. The van der Waals surface area contributed by atoms with Gasteiger partial charge in [0.1, 0.15) is 5.75 Å². The van der Waals surface area contributed by atoms with Gasteiger partial charge in [0.25, 0.3) is 0 Å². The number of carbonyl (C=O) groups is 1. The SMILES string of the molecule is CCS(=O)(=O)c1ccc(CNC(=O)Nc2ccc(-c3ccccc3OC(F)(F)F)c(Cl)c2)cc1. The van der Waals surface area contributed by atoms with Crippen molar-refractivity contribution in [2.75, 3.05) is 11.1 Å². The standard InChI is InChI=1S/C23H20ClF3N2O4S/c1-2-34(31,32)17-10-7-15(8-11-17)14-28-22(30)29-16-9-12-18(20(24)13-16)19-5-3-4-6-21(19)33-23(25,26)27/h3-13H,2,14H2,1H3,(H2,28,29,30). The summed E-state index contributed by atoms with van der Waals surface area (Å²) in [7, 11) is -3.30. The molecule has 0 aliphatic carbocycles. The number of sulfone groups is 1. The van der Waals surface area contributed by atoms with E-state index in [1.807, 2.05) is 0 Å². The lowest BCUT2D eigenvalue weighted by atomic mass is 10.0. The van der Waals surface area contributed by atoms with E-state index in [0.29, 0.717) is 16.8 Å². The number of rotatable bonds is 7. The van der Waals surface area contributed by atoms with E-state index in [-0.39, 0.29) is 27.8 Å². The van der Waals surface area contributed by atoms with E-state index in [0.717, 1.165) is 0 Å². The van der Waals surface area contributed by atoms with Crippen LogP contribution in [0.3, 0.4) is 0 Å². The van der Waals surface area contributed by atoms with Crippen LogP contribution in [0.25, 0.3) is 11.1 Å². The molecule has 180 valence electrons. The number of hydrogen-bond donors (Lipinski definition) is 2. The minimum atomic E-state index is -4.85. The molecule has 0 heterocycles. The van der Waals surface area contributed by atoms with Crippen molar-refractivity contribution in [3.63, 3.8) is 0 Å². The first kappa shape index (κ1) is 25.4. The minimum absolute atomic E-state index is 0.00467. The second-order valence-electron chi connectivity index (χ2n) is 7.09. The Kier molecular flexibility index (Phi) is 7.73. The highest BCUT2D eigenvalue weighted by Gasteiger charge is 2.32. The molecule has 2 N–H and O–H groups in total. The first-order chi connectivity index (χ1) is 16.0. The van der Waals surface area contributed by atoms with Crippen molar-refractivity contribution in [1.29, 1.82) is 0 Å². The fourth-order valence-corrected chi connectivity index (χ4v) is 4.22. The molecule has 0 atom stereocenters. The zero-order valence-corrected chi connectivity index (χ0v) is 19.4. The highest BCUT2D eigenvalue weighted by molar-refractivity contribution is 7.91. The minimum Gasteiger partial charge on any atom is -0.405 e. The van der Waals surface area contributed by atoms with Crippen LogP contribution in [0.1, 0.15) is 12.5 Å². The van der Waals surface area contributed by atoms with Crippen molar-refractivity contribution < 1.29 is 31.1 Å². The topological polar surface area (TPSA) is 84.5 Å². The Balaban J connectivity index is 1.66.